The predicted octanol–water partition coefficient (Wildman–Crippen LogP) is 4.06. The van der Waals surface area contributed by atoms with E-state index in [2.05, 4.69) is 4.72 Å². The molecule has 0 aliphatic carbocycles. The zero-order valence-electron chi connectivity index (χ0n) is 12.0. The van der Waals surface area contributed by atoms with Gasteiger partial charge in [0.15, 0.2) is 0 Å². The van der Waals surface area contributed by atoms with Crippen molar-refractivity contribution in [3.8, 4) is 11.3 Å². The highest BCUT2D eigenvalue weighted by molar-refractivity contribution is 7.92. The second-order valence-electron chi connectivity index (χ2n) is 4.94. The lowest BCUT2D eigenvalue weighted by atomic mass is 10.1. The van der Waals surface area contributed by atoms with Crippen LogP contribution in [-0.4, -0.2) is 8.42 Å². The number of benzene rings is 2. The van der Waals surface area contributed by atoms with E-state index >= 15 is 0 Å². The van der Waals surface area contributed by atoms with E-state index in [9.17, 15) is 8.42 Å². The zero-order chi connectivity index (χ0) is 15.6. The molecule has 1 heterocycles. The highest BCUT2D eigenvalue weighted by Crippen LogP contribution is 2.29. The van der Waals surface area contributed by atoms with Crippen LogP contribution in [0.4, 0.5) is 5.69 Å². The van der Waals surface area contributed by atoms with Gasteiger partial charge in [-0.15, -0.1) is 0 Å². The predicted molar refractivity (Wildman–Crippen MR) is 86.1 cm³/mol. The molecule has 1 aromatic heterocycles. The Kier molecular flexibility index (Phi) is 3.73. The van der Waals surface area contributed by atoms with Crippen molar-refractivity contribution in [1.82, 2.24) is 0 Å². The van der Waals surface area contributed by atoms with Gasteiger partial charge in [0, 0.05) is 5.56 Å². The summed E-state index contributed by atoms with van der Waals surface area (Å²) >= 11 is 0. The van der Waals surface area contributed by atoms with E-state index < -0.39 is 10.0 Å². The highest BCUT2D eigenvalue weighted by atomic mass is 32.2. The molecule has 0 atom stereocenters. The van der Waals surface area contributed by atoms with Crippen molar-refractivity contribution < 1.29 is 12.8 Å². The third-order valence-electron chi connectivity index (χ3n) is 3.26. The molecule has 0 fully saturated rings. The maximum Gasteiger partial charge on any atom is 0.261 e. The molecule has 0 saturated carbocycles. The van der Waals surface area contributed by atoms with E-state index in [0.29, 0.717) is 17.0 Å². The Balaban J connectivity index is 2.00. The summed E-state index contributed by atoms with van der Waals surface area (Å²) in [4.78, 5) is 0.238. The molecule has 0 saturated heterocycles. The molecule has 0 amide bonds. The van der Waals surface area contributed by atoms with Crippen LogP contribution in [0.2, 0.25) is 0 Å². The fraction of sp³-hybridized carbons (Fsp3) is 0.0588. The molecule has 0 spiro atoms. The summed E-state index contributed by atoms with van der Waals surface area (Å²) in [5.74, 6) is 0.613. The summed E-state index contributed by atoms with van der Waals surface area (Å²) in [5.41, 5.74) is 2.07. The van der Waals surface area contributed by atoms with E-state index in [4.69, 9.17) is 4.42 Å². The Morgan fingerprint density at radius 1 is 0.955 bits per heavy atom. The van der Waals surface area contributed by atoms with E-state index in [1.165, 1.54) is 0 Å². The normalized spacial score (nSPS) is 11.3. The number of hydrogen-bond acceptors (Lipinski definition) is 3. The molecule has 0 bridgehead atoms. The van der Waals surface area contributed by atoms with Crippen molar-refractivity contribution in [2.45, 2.75) is 11.8 Å². The molecule has 22 heavy (non-hydrogen) atoms. The third-order valence-corrected chi connectivity index (χ3v) is 4.62. The number of rotatable bonds is 4. The van der Waals surface area contributed by atoms with Crippen LogP contribution in [0.3, 0.4) is 0 Å². The maximum atomic E-state index is 12.5. The van der Waals surface area contributed by atoms with Gasteiger partial charge >= 0.3 is 0 Å². The molecule has 0 radical (unpaired) electrons. The number of aryl methyl sites for hydroxylation is 1. The Bertz CT molecular complexity index is 884. The van der Waals surface area contributed by atoms with Crippen molar-refractivity contribution >= 4 is 15.7 Å². The fourth-order valence-electron chi connectivity index (χ4n) is 2.20. The van der Waals surface area contributed by atoms with Crippen molar-refractivity contribution in [2.24, 2.45) is 0 Å². The summed E-state index contributed by atoms with van der Waals surface area (Å²) in [6.45, 7) is 1.86. The Labute approximate surface area is 129 Å². The Morgan fingerprint density at radius 3 is 2.50 bits per heavy atom. The van der Waals surface area contributed by atoms with Gasteiger partial charge in [0.2, 0.25) is 0 Å². The molecule has 4 nitrogen and oxygen atoms in total. The lowest BCUT2D eigenvalue weighted by Crippen LogP contribution is -2.13. The number of sulfonamides is 1. The van der Waals surface area contributed by atoms with Gasteiger partial charge in [0.1, 0.15) is 5.76 Å². The van der Waals surface area contributed by atoms with Crippen LogP contribution in [0.15, 0.2) is 76.2 Å². The van der Waals surface area contributed by atoms with Crippen molar-refractivity contribution in [3.05, 3.63) is 72.5 Å². The molecular weight excluding hydrogens is 298 g/mol. The second kappa shape index (κ2) is 5.69. The molecular formula is C17H15NO3S. The number of anilines is 1. The lowest BCUT2D eigenvalue weighted by molar-refractivity contribution is 0.582. The molecule has 0 aliphatic rings. The van der Waals surface area contributed by atoms with Gasteiger partial charge in [-0.1, -0.05) is 24.3 Å². The first-order valence-electron chi connectivity index (χ1n) is 6.79. The summed E-state index contributed by atoms with van der Waals surface area (Å²) in [6, 6.07) is 17.5. The first-order valence-corrected chi connectivity index (χ1v) is 8.27. The van der Waals surface area contributed by atoms with Crippen molar-refractivity contribution in [3.63, 3.8) is 0 Å². The van der Waals surface area contributed by atoms with E-state index in [1.54, 1.807) is 48.7 Å². The zero-order valence-corrected chi connectivity index (χ0v) is 12.8. The van der Waals surface area contributed by atoms with Gasteiger partial charge in [0.05, 0.1) is 16.8 Å². The first kappa shape index (κ1) is 14.4. The molecule has 2 aromatic carbocycles. The van der Waals surface area contributed by atoms with Crippen LogP contribution in [0.5, 0.6) is 0 Å². The van der Waals surface area contributed by atoms with Gasteiger partial charge in [0.25, 0.3) is 10.0 Å². The van der Waals surface area contributed by atoms with Gasteiger partial charge in [-0.25, -0.2) is 8.42 Å². The number of furan rings is 1. The van der Waals surface area contributed by atoms with Crippen LogP contribution in [0.1, 0.15) is 5.56 Å². The largest absolute Gasteiger partial charge is 0.464 e. The minimum absolute atomic E-state index is 0.238. The number of hydrogen-bond donors (Lipinski definition) is 1. The number of nitrogens with one attached hydrogen (secondary N) is 1. The smallest absolute Gasteiger partial charge is 0.261 e. The third kappa shape index (κ3) is 2.89. The SMILES string of the molecule is Cc1cccc(S(=O)(=O)Nc2ccccc2-c2ccco2)c1. The first-order chi connectivity index (χ1) is 10.6. The summed E-state index contributed by atoms with van der Waals surface area (Å²) < 4.78 is 33.1. The van der Waals surface area contributed by atoms with Gasteiger partial charge < -0.3 is 4.42 Å². The van der Waals surface area contributed by atoms with E-state index in [1.807, 2.05) is 25.1 Å². The topological polar surface area (TPSA) is 59.3 Å². The molecule has 1 N–H and O–H groups in total. The van der Waals surface area contributed by atoms with E-state index in [0.717, 1.165) is 5.56 Å². The minimum Gasteiger partial charge on any atom is -0.464 e. The van der Waals surface area contributed by atoms with Crippen LogP contribution in [0, 0.1) is 6.92 Å². The molecule has 3 aromatic rings. The molecule has 0 unspecified atom stereocenters. The minimum atomic E-state index is -3.64. The van der Waals surface area contributed by atoms with Crippen LogP contribution in [0.25, 0.3) is 11.3 Å². The number of para-hydroxylation sites is 1. The average Bonchev–Trinajstić information content (AvgIpc) is 3.01. The quantitative estimate of drug-likeness (QED) is 0.790. The summed E-state index contributed by atoms with van der Waals surface area (Å²) in [6.07, 6.45) is 1.56. The molecule has 112 valence electrons. The van der Waals surface area contributed by atoms with Crippen LogP contribution >= 0.6 is 0 Å². The van der Waals surface area contributed by atoms with E-state index in [-0.39, 0.29) is 4.90 Å². The van der Waals surface area contributed by atoms with Gasteiger partial charge in [-0.2, -0.15) is 0 Å². The standard InChI is InChI=1S/C17H15NO3S/c1-13-6-4-7-14(12-13)22(19,20)18-16-9-3-2-8-15(16)17-10-5-11-21-17/h2-12,18H,1H3. The van der Waals surface area contributed by atoms with Gasteiger partial charge in [-0.05, 0) is 48.9 Å². The monoisotopic (exact) mass is 313 g/mol. The van der Waals surface area contributed by atoms with Crippen molar-refractivity contribution in [2.75, 3.05) is 4.72 Å². The van der Waals surface area contributed by atoms with Crippen LogP contribution in [-0.2, 0) is 10.0 Å². The van der Waals surface area contributed by atoms with Crippen molar-refractivity contribution in [1.29, 1.82) is 0 Å². The highest BCUT2D eigenvalue weighted by Gasteiger charge is 2.17. The van der Waals surface area contributed by atoms with Gasteiger partial charge in [-0.3, -0.25) is 4.72 Å². The lowest BCUT2D eigenvalue weighted by Gasteiger charge is -2.11. The summed E-state index contributed by atoms with van der Waals surface area (Å²) in [7, 11) is -3.64. The second-order valence-corrected chi connectivity index (χ2v) is 6.63. The average molecular weight is 313 g/mol. The molecule has 3 rings (SSSR count). The summed E-state index contributed by atoms with van der Waals surface area (Å²) in [5, 5.41) is 0. The maximum absolute atomic E-state index is 12.5. The Hall–Kier alpha value is -2.53. The molecule has 5 heteroatoms. The van der Waals surface area contributed by atoms with Crippen LogP contribution < -0.4 is 4.72 Å². The fourth-order valence-corrected chi connectivity index (χ4v) is 3.39. The Morgan fingerprint density at radius 2 is 1.77 bits per heavy atom. The molecule has 0 aliphatic heterocycles.